The molecule has 0 unspecified atom stereocenters. The Kier molecular flexibility index (Phi) is 15.6. The number of nitrogens with one attached hydrogen (secondary N) is 1. The summed E-state index contributed by atoms with van der Waals surface area (Å²) < 4.78 is 29.3. The van der Waals surface area contributed by atoms with Crippen LogP contribution in [0, 0.1) is 38.5 Å². The first-order valence-corrected chi connectivity index (χ1v) is 20.6. The van der Waals surface area contributed by atoms with E-state index < -0.39 is 17.7 Å². The molecule has 5 rings (SSSR count). The molecule has 13 nitrogen and oxygen atoms in total. The van der Waals surface area contributed by atoms with Gasteiger partial charge in [0.25, 0.3) is 0 Å². The van der Waals surface area contributed by atoms with Gasteiger partial charge in [-0.1, -0.05) is 43.9 Å². The molecule has 4 aromatic rings. The number of amides is 1. The number of benzene rings is 2. The average Bonchev–Trinajstić information content (AvgIpc) is 3.66. The fourth-order valence-electron chi connectivity index (χ4n) is 6.27. The summed E-state index contributed by atoms with van der Waals surface area (Å²) in [5.74, 6) is 7.22. The highest BCUT2D eigenvalue weighted by Crippen LogP contribution is 2.39. The van der Waals surface area contributed by atoms with Gasteiger partial charge in [-0.2, -0.15) is 0 Å². The van der Waals surface area contributed by atoms with Crippen molar-refractivity contribution in [2.45, 2.75) is 92.7 Å². The Bertz CT molecular complexity index is 2200. The third-order valence-electron chi connectivity index (χ3n) is 9.19. The fourth-order valence-corrected chi connectivity index (χ4v) is 7.49. The molecule has 1 aliphatic heterocycles. The molecule has 0 spiro atoms. The number of aryl methyl sites for hydroxylation is 3. The molecule has 0 saturated heterocycles. The lowest BCUT2D eigenvalue weighted by atomic mass is 9.98. The Labute approximate surface area is 350 Å². The van der Waals surface area contributed by atoms with Crippen molar-refractivity contribution < 1.29 is 38.1 Å². The van der Waals surface area contributed by atoms with E-state index in [1.807, 2.05) is 88.6 Å². The highest BCUT2D eigenvalue weighted by atomic mass is 32.1. The van der Waals surface area contributed by atoms with Crippen molar-refractivity contribution in [2.24, 2.45) is 10.9 Å². The number of methoxy groups -OCH3 is 1. The highest BCUT2D eigenvalue weighted by molar-refractivity contribution is 7.15. The number of esters is 2. The Hall–Kier alpha value is -5.36. The summed E-state index contributed by atoms with van der Waals surface area (Å²) >= 11 is 1.66. The van der Waals surface area contributed by atoms with Crippen molar-refractivity contribution in [1.82, 2.24) is 14.8 Å². The molecule has 14 heteroatoms. The molecule has 0 aliphatic carbocycles. The van der Waals surface area contributed by atoms with Gasteiger partial charge < -0.3 is 23.7 Å². The number of hydrogen-bond acceptors (Lipinski definition) is 12. The van der Waals surface area contributed by atoms with Crippen LogP contribution in [0.2, 0.25) is 0 Å². The summed E-state index contributed by atoms with van der Waals surface area (Å²) in [6.45, 7) is 17.3. The van der Waals surface area contributed by atoms with Gasteiger partial charge >= 0.3 is 18.0 Å². The van der Waals surface area contributed by atoms with E-state index in [9.17, 15) is 14.4 Å². The summed E-state index contributed by atoms with van der Waals surface area (Å²) in [6, 6.07) is 13.1. The smallest absolute Gasteiger partial charge is 0.412 e. The second-order valence-electron chi connectivity index (χ2n) is 15.7. The number of fused-ring (bicyclic) bond motifs is 3. The molecule has 1 atom stereocenters. The van der Waals surface area contributed by atoms with Gasteiger partial charge in [-0.25, -0.2) is 4.79 Å². The van der Waals surface area contributed by atoms with Crippen LogP contribution in [-0.4, -0.2) is 84.3 Å². The van der Waals surface area contributed by atoms with E-state index >= 15 is 0 Å². The zero-order valence-electron chi connectivity index (χ0n) is 35.5. The number of aromatic nitrogens is 3. The Balaban J connectivity index is 1.14. The Morgan fingerprint density at radius 3 is 2.34 bits per heavy atom. The minimum atomic E-state index is -0.637. The minimum absolute atomic E-state index is 0.0446. The Morgan fingerprint density at radius 2 is 1.64 bits per heavy atom. The molecule has 59 heavy (non-hydrogen) atoms. The molecule has 0 bridgehead atoms. The van der Waals surface area contributed by atoms with E-state index in [0.717, 1.165) is 49.9 Å². The summed E-state index contributed by atoms with van der Waals surface area (Å²) in [5.41, 5.74) is 6.45. The molecule has 0 radical (unpaired) electrons. The molecule has 3 heterocycles. The second kappa shape index (κ2) is 20.6. The third-order valence-corrected chi connectivity index (χ3v) is 10.4. The van der Waals surface area contributed by atoms with Gasteiger partial charge in [-0.3, -0.25) is 24.5 Å². The summed E-state index contributed by atoms with van der Waals surface area (Å²) in [6.07, 6.45) is 0.802. The predicted octanol–water partition coefficient (Wildman–Crippen LogP) is 7.82. The van der Waals surface area contributed by atoms with Crippen LogP contribution >= 0.6 is 11.3 Å². The molecule has 1 aliphatic rings. The van der Waals surface area contributed by atoms with Gasteiger partial charge in [0.1, 0.15) is 29.1 Å². The van der Waals surface area contributed by atoms with Crippen molar-refractivity contribution in [1.29, 1.82) is 0 Å². The van der Waals surface area contributed by atoms with Crippen LogP contribution < -0.4 is 5.32 Å². The maximum Gasteiger partial charge on any atom is 0.412 e. The van der Waals surface area contributed by atoms with E-state index in [-0.39, 0.29) is 37.3 Å². The molecule has 1 N–H and O–H groups in total. The number of thiophene rings is 1. The van der Waals surface area contributed by atoms with Crippen molar-refractivity contribution in [3.63, 3.8) is 0 Å². The van der Waals surface area contributed by atoms with E-state index in [1.165, 1.54) is 12.0 Å². The van der Waals surface area contributed by atoms with Crippen LogP contribution in [0.5, 0.6) is 0 Å². The van der Waals surface area contributed by atoms with Crippen LogP contribution in [-0.2, 0) is 46.1 Å². The van der Waals surface area contributed by atoms with Crippen molar-refractivity contribution >= 4 is 40.8 Å². The van der Waals surface area contributed by atoms with Crippen molar-refractivity contribution in [2.75, 3.05) is 45.5 Å². The van der Waals surface area contributed by atoms with E-state index in [1.54, 1.807) is 11.3 Å². The van der Waals surface area contributed by atoms with Crippen LogP contribution in [0.1, 0.15) is 103 Å². The fraction of sp³-hybridized carbons (Fsp3) is 0.467. The third kappa shape index (κ3) is 12.8. The number of carbonyl (C=O) groups is 3. The predicted molar refractivity (Wildman–Crippen MR) is 228 cm³/mol. The Morgan fingerprint density at radius 1 is 0.932 bits per heavy atom. The van der Waals surface area contributed by atoms with Crippen LogP contribution in [0.25, 0.3) is 5.00 Å². The number of anilines is 1. The van der Waals surface area contributed by atoms with Gasteiger partial charge in [0.05, 0.1) is 45.7 Å². The molecule has 2 aromatic heterocycles. The maximum atomic E-state index is 12.5. The molecule has 0 fully saturated rings. The molecular weight excluding hydrogens is 771 g/mol. The lowest BCUT2D eigenvalue weighted by Crippen LogP contribution is -2.27. The van der Waals surface area contributed by atoms with Crippen molar-refractivity contribution in [3.05, 3.63) is 92.4 Å². The zero-order chi connectivity index (χ0) is 42.7. The largest absolute Gasteiger partial charge is 0.469 e. The molecule has 314 valence electrons. The van der Waals surface area contributed by atoms with Gasteiger partial charge in [0.2, 0.25) is 0 Å². The molecule has 0 saturated carbocycles. The lowest BCUT2D eigenvalue weighted by molar-refractivity contribution is -0.144. The van der Waals surface area contributed by atoms with Gasteiger partial charge in [-0.15, -0.1) is 21.5 Å². The SMILES string of the molecule is COC(=O)C[C@@H]1N=C(c2ccc(C#CCOCCOCCc3cc(CCC(=O)OCC(C)C)cc(NC(=O)OC(C)(C)C)c3)cc2)c2c(sc(C)c2C)-n2c(C)nnc21. The van der Waals surface area contributed by atoms with Crippen LogP contribution in [0.4, 0.5) is 10.5 Å². The second-order valence-corrected chi connectivity index (χ2v) is 16.9. The number of rotatable bonds is 16. The molecule has 2 aromatic carbocycles. The van der Waals surface area contributed by atoms with Crippen LogP contribution in [0.15, 0.2) is 47.5 Å². The van der Waals surface area contributed by atoms with Gasteiger partial charge in [-0.05, 0) is 101 Å². The van der Waals surface area contributed by atoms with E-state index in [0.29, 0.717) is 50.8 Å². The topological polar surface area (TPSA) is 152 Å². The summed E-state index contributed by atoms with van der Waals surface area (Å²) in [7, 11) is 1.37. The number of ether oxygens (including phenoxy) is 5. The first-order valence-electron chi connectivity index (χ1n) is 19.8. The van der Waals surface area contributed by atoms with E-state index in [2.05, 4.69) is 41.2 Å². The van der Waals surface area contributed by atoms with Crippen LogP contribution in [0.3, 0.4) is 0 Å². The summed E-state index contributed by atoms with van der Waals surface area (Å²) in [4.78, 5) is 43.5. The lowest BCUT2D eigenvalue weighted by Gasteiger charge is -2.20. The number of hydrogen-bond donors (Lipinski definition) is 1. The monoisotopic (exact) mass is 825 g/mol. The van der Waals surface area contributed by atoms with E-state index in [4.69, 9.17) is 28.7 Å². The number of nitrogens with zero attached hydrogens (tertiary/aromatic N) is 4. The molecule has 1 amide bonds. The number of carbonyl (C=O) groups excluding carboxylic acids is 3. The quantitative estimate of drug-likeness (QED) is 0.0513. The minimum Gasteiger partial charge on any atom is -0.469 e. The van der Waals surface area contributed by atoms with Gasteiger partial charge in [0.15, 0.2) is 5.82 Å². The zero-order valence-corrected chi connectivity index (χ0v) is 36.3. The normalized spacial score (nSPS) is 13.4. The molecular formula is C45H55N5O8S. The standard InChI is InChI=1S/C45H55N5O8S/c1-28(2)27-57-38(51)17-14-33-23-34(25-36(24-33)46-44(53)58-45(6,7)8)18-20-56-22-21-55-19-10-11-32-12-15-35(16-13-32)41-40-29(3)30(4)59-43(40)50-31(5)48-49-42(50)37(47-41)26-39(52)54-9/h12-13,15-16,23-25,28,37H,14,17-22,26-27H2,1-9H3,(H,46,53)/t37-/m0/s1. The first kappa shape index (κ1) is 44.7. The van der Waals surface area contributed by atoms with Crippen molar-refractivity contribution in [3.8, 4) is 16.8 Å². The van der Waals surface area contributed by atoms with Gasteiger partial charge in [0, 0.05) is 33.7 Å². The summed E-state index contributed by atoms with van der Waals surface area (Å²) in [5, 5.41) is 12.5. The first-order chi connectivity index (χ1) is 28.1. The maximum absolute atomic E-state index is 12.5. The highest BCUT2D eigenvalue weighted by Gasteiger charge is 2.32. The number of aliphatic imine (C=N–C) groups is 1. The average molecular weight is 826 g/mol.